The van der Waals surface area contributed by atoms with E-state index in [1.54, 1.807) is 29.4 Å². The van der Waals surface area contributed by atoms with Gasteiger partial charge in [-0.3, -0.25) is 19.2 Å². The summed E-state index contributed by atoms with van der Waals surface area (Å²) in [6.07, 6.45) is 13.0. The van der Waals surface area contributed by atoms with Gasteiger partial charge in [-0.15, -0.1) is 0 Å². The summed E-state index contributed by atoms with van der Waals surface area (Å²) in [5, 5.41) is 0. The summed E-state index contributed by atoms with van der Waals surface area (Å²) in [6.45, 7) is 3.68. The number of hydrogen-bond acceptors (Lipinski definition) is 6. The van der Waals surface area contributed by atoms with Gasteiger partial charge >= 0.3 is 0 Å². The molecule has 7 nitrogen and oxygen atoms in total. The predicted octanol–water partition coefficient (Wildman–Crippen LogP) is 3.28. The van der Waals surface area contributed by atoms with E-state index in [1.165, 1.54) is 19.3 Å². The smallest absolute Gasteiger partial charge is 0.253 e. The van der Waals surface area contributed by atoms with Crippen molar-refractivity contribution in [2.75, 3.05) is 13.1 Å². The van der Waals surface area contributed by atoms with Gasteiger partial charge < -0.3 is 0 Å². The maximum absolute atomic E-state index is 12.6. The molecule has 1 aliphatic heterocycles. The van der Waals surface area contributed by atoms with E-state index in [1.807, 2.05) is 24.4 Å². The molecule has 0 spiro atoms. The van der Waals surface area contributed by atoms with Crippen LogP contribution in [-0.4, -0.2) is 42.5 Å². The van der Waals surface area contributed by atoms with Crippen molar-refractivity contribution >= 4 is 0 Å². The van der Waals surface area contributed by atoms with Crippen LogP contribution in [0.5, 0.6) is 0 Å². The Morgan fingerprint density at radius 1 is 0.968 bits per heavy atom. The first-order valence-corrected chi connectivity index (χ1v) is 11.3. The van der Waals surface area contributed by atoms with Gasteiger partial charge in [-0.2, -0.15) is 0 Å². The van der Waals surface area contributed by atoms with Crippen LogP contribution in [0.2, 0.25) is 0 Å². The summed E-state index contributed by atoms with van der Waals surface area (Å²) in [5.74, 6) is 2.10. The van der Waals surface area contributed by atoms with E-state index in [2.05, 4.69) is 19.9 Å². The molecule has 3 aromatic rings. The molecule has 1 saturated heterocycles. The van der Waals surface area contributed by atoms with Crippen LogP contribution < -0.4 is 5.56 Å². The highest BCUT2D eigenvalue weighted by Gasteiger charge is 2.24. The molecule has 2 aliphatic rings. The Morgan fingerprint density at radius 3 is 2.48 bits per heavy atom. The van der Waals surface area contributed by atoms with Gasteiger partial charge in [0.05, 0.1) is 17.7 Å². The summed E-state index contributed by atoms with van der Waals surface area (Å²) in [7, 11) is 0. The minimum Gasteiger partial charge on any atom is -0.299 e. The molecule has 0 amide bonds. The zero-order chi connectivity index (χ0) is 21.0. The Bertz CT molecular complexity index is 1070. The number of hydrogen-bond donors (Lipinski definition) is 0. The van der Waals surface area contributed by atoms with E-state index < -0.39 is 0 Å². The number of piperidine rings is 1. The number of rotatable bonds is 6. The third kappa shape index (κ3) is 4.71. The van der Waals surface area contributed by atoms with Crippen molar-refractivity contribution in [1.82, 2.24) is 29.4 Å². The monoisotopic (exact) mass is 416 g/mol. The highest BCUT2D eigenvalue weighted by atomic mass is 16.1. The van der Waals surface area contributed by atoms with Crippen LogP contribution in [0.1, 0.15) is 49.5 Å². The Labute approximate surface area is 182 Å². The van der Waals surface area contributed by atoms with Gasteiger partial charge in [-0.05, 0) is 62.9 Å². The molecule has 7 heteroatoms. The summed E-state index contributed by atoms with van der Waals surface area (Å²) in [6, 6.07) is 7.41. The first-order chi connectivity index (χ1) is 15.2. The molecule has 1 aliphatic carbocycles. The molecule has 3 aromatic heterocycles. The molecular formula is C24H28N6O. The quantitative estimate of drug-likeness (QED) is 0.614. The summed E-state index contributed by atoms with van der Waals surface area (Å²) >= 11 is 0. The zero-order valence-corrected chi connectivity index (χ0v) is 17.7. The minimum atomic E-state index is 0.00810. The Hall–Kier alpha value is -2.93. The second-order valence-corrected chi connectivity index (χ2v) is 8.75. The maximum atomic E-state index is 12.6. The normalized spacial score (nSPS) is 18.1. The molecule has 0 N–H and O–H groups in total. The first-order valence-electron chi connectivity index (χ1n) is 11.3. The fraction of sp³-hybridized carbons (Fsp3) is 0.458. The minimum absolute atomic E-state index is 0.00810. The lowest BCUT2D eigenvalue weighted by Crippen LogP contribution is -2.36. The Morgan fingerprint density at radius 2 is 1.77 bits per heavy atom. The molecular weight excluding hydrogens is 388 g/mol. The van der Waals surface area contributed by atoms with Crippen molar-refractivity contribution in [3.8, 4) is 11.3 Å². The Balaban J connectivity index is 1.15. The molecule has 1 saturated carbocycles. The predicted molar refractivity (Wildman–Crippen MR) is 118 cm³/mol. The molecule has 0 atom stereocenters. The van der Waals surface area contributed by atoms with Crippen LogP contribution in [0.15, 0.2) is 54.0 Å². The average molecular weight is 417 g/mol. The molecule has 0 unspecified atom stereocenters. The second-order valence-electron chi connectivity index (χ2n) is 8.75. The topological polar surface area (TPSA) is 76.8 Å². The summed E-state index contributed by atoms with van der Waals surface area (Å²) < 4.78 is 1.75. The fourth-order valence-electron chi connectivity index (χ4n) is 4.44. The number of nitrogens with zero attached hydrogens (tertiary/aromatic N) is 6. The van der Waals surface area contributed by atoms with Crippen molar-refractivity contribution in [3.05, 3.63) is 71.1 Å². The van der Waals surface area contributed by atoms with Crippen molar-refractivity contribution in [2.24, 2.45) is 5.92 Å². The van der Waals surface area contributed by atoms with Crippen molar-refractivity contribution in [1.29, 1.82) is 0 Å². The van der Waals surface area contributed by atoms with E-state index >= 15 is 0 Å². The highest BCUT2D eigenvalue weighted by Crippen LogP contribution is 2.34. The largest absolute Gasteiger partial charge is 0.299 e. The molecule has 0 bridgehead atoms. The van der Waals surface area contributed by atoms with Crippen molar-refractivity contribution < 1.29 is 0 Å². The summed E-state index contributed by atoms with van der Waals surface area (Å²) in [5.41, 5.74) is 2.75. The standard InChI is InChI=1S/C24H28N6O/c31-23-14-22(19-4-9-25-10-5-19)27-17-30(23)15-18-7-12-29(13-8-18)16-21-6-11-26-24(28-21)20-2-1-3-20/h4-6,9-11,14,17-18,20H,1-3,7-8,12-13,15-16H2. The molecule has 160 valence electrons. The molecule has 5 rings (SSSR count). The number of pyridine rings is 1. The average Bonchev–Trinajstić information content (AvgIpc) is 2.76. The van der Waals surface area contributed by atoms with Crippen LogP contribution in [0.25, 0.3) is 11.3 Å². The van der Waals surface area contributed by atoms with Gasteiger partial charge in [0.15, 0.2) is 0 Å². The van der Waals surface area contributed by atoms with E-state index in [0.29, 0.717) is 17.5 Å². The van der Waals surface area contributed by atoms with E-state index in [9.17, 15) is 4.79 Å². The van der Waals surface area contributed by atoms with Crippen LogP contribution in [-0.2, 0) is 13.1 Å². The van der Waals surface area contributed by atoms with Crippen LogP contribution in [0.4, 0.5) is 0 Å². The van der Waals surface area contributed by atoms with Gasteiger partial charge in [-0.1, -0.05) is 6.42 Å². The lowest BCUT2D eigenvalue weighted by molar-refractivity contribution is 0.164. The van der Waals surface area contributed by atoms with Crippen LogP contribution in [0, 0.1) is 5.92 Å². The van der Waals surface area contributed by atoms with Gasteiger partial charge in [0.1, 0.15) is 5.82 Å². The lowest BCUT2D eigenvalue weighted by Gasteiger charge is -2.32. The summed E-state index contributed by atoms with van der Waals surface area (Å²) in [4.78, 5) is 32.9. The third-order valence-electron chi connectivity index (χ3n) is 6.61. The van der Waals surface area contributed by atoms with Crippen molar-refractivity contribution in [2.45, 2.75) is 51.1 Å². The third-order valence-corrected chi connectivity index (χ3v) is 6.61. The van der Waals surface area contributed by atoms with Gasteiger partial charge in [0.2, 0.25) is 0 Å². The zero-order valence-electron chi connectivity index (χ0n) is 17.7. The molecule has 0 radical (unpaired) electrons. The van der Waals surface area contributed by atoms with Gasteiger partial charge in [0.25, 0.3) is 5.56 Å². The molecule has 2 fully saturated rings. The Kier molecular flexibility index (Phi) is 5.84. The van der Waals surface area contributed by atoms with E-state index in [4.69, 9.17) is 4.98 Å². The van der Waals surface area contributed by atoms with Crippen molar-refractivity contribution in [3.63, 3.8) is 0 Å². The number of likely N-dealkylation sites (tertiary alicyclic amines) is 1. The molecule has 4 heterocycles. The van der Waals surface area contributed by atoms with E-state index in [-0.39, 0.29) is 5.56 Å². The van der Waals surface area contributed by atoms with Gasteiger partial charge in [-0.25, -0.2) is 15.0 Å². The molecule has 0 aromatic carbocycles. The van der Waals surface area contributed by atoms with E-state index in [0.717, 1.165) is 56.1 Å². The SMILES string of the molecule is O=c1cc(-c2ccncc2)ncn1CC1CCN(Cc2ccnc(C3CCC3)n2)CC1. The first kappa shape index (κ1) is 20.0. The van der Waals surface area contributed by atoms with Crippen LogP contribution in [0.3, 0.4) is 0 Å². The fourth-order valence-corrected chi connectivity index (χ4v) is 4.44. The lowest BCUT2D eigenvalue weighted by atomic mass is 9.85. The van der Waals surface area contributed by atoms with Gasteiger partial charge in [0, 0.05) is 49.2 Å². The second kappa shape index (κ2) is 9.06. The maximum Gasteiger partial charge on any atom is 0.253 e. The highest BCUT2D eigenvalue weighted by molar-refractivity contribution is 5.57. The number of aromatic nitrogens is 5. The molecule has 31 heavy (non-hydrogen) atoms. The van der Waals surface area contributed by atoms with Crippen LogP contribution >= 0.6 is 0 Å².